The third-order valence-electron chi connectivity index (χ3n) is 4.32. The van der Waals surface area contributed by atoms with Gasteiger partial charge in [0, 0.05) is 11.3 Å². The number of anilines is 2. The molecule has 1 heterocycles. The van der Waals surface area contributed by atoms with E-state index in [0.29, 0.717) is 11.4 Å². The summed E-state index contributed by atoms with van der Waals surface area (Å²) in [4.78, 5) is 21.1. The van der Waals surface area contributed by atoms with Gasteiger partial charge in [0.05, 0.1) is 23.9 Å². The highest BCUT2D eigenvalue weighted by molar-refractivity contribution is 7.98. The van der Waals surface area contributed by atoms with E-state index in [0.717, 1.165) is 11.1 Å². The van der Waals surface area contributed by atoms with Gasteiger partial charge in [-0.25, -0.2) is 18.4 Å². The van der Waals surface area contributed by atoms with Crippen LogP contribution >= 0.6 is 7.14 Å². The molecule has 1 aromatic heterocycles. The van der Waals surface area contributed by atoms with Crippen LogP contribution in [-0.4, -0.2) is 43.1 Å². The first kappa shape index (κ1) is 22.7. The number of nitrogens with two attached hydrogens (primary N) is 1. The molecule has 31 heavy (non-hydrogen) atoms. The van der Waals surface area contributed by atoms with E-state index in [1.807, 2.05) is 31.2 Å². The van der Waals surface area contributed by atoms with Crippen LogP contribution in [0.25, 0.3) is 11.3 Å². The standard InChI is InChI=1S/C21H23N4O4PS/c1-14-4-6-15(7-5-14)18-12-23-20(22)19(25-18)21(26)24-16-8-10-17(11-9-16)31(28,29)13-30(2,3)27/h4-12H,13H2,1-3H3,(H2,22,23)(H,24,26). The minimum atomic E-state index is -3.68. The topological polar surface area (TPSA) is 132 Å². The smallest absolute Gasteiger partial charge is 0.278 e. The summed E-state index contributed by atoms with van der Waals surface area (Å²) in [6, 6.07) is 13.2. The highest BCUT2D eigenvalue weighted by Gasteiger charge is 2.22. The molecule has 0 atom stereocenters. The molecule has 3 aromatic rings. The number of rotatable bonds is 6. The molecule has 0 unspecified atom stereocenters. The minimum absolute atomic E-state index is 0.0193. The molecular weight excluding hydrogens is 435 g/mol. The summed E-state index contributed by atoms with van der Waals surface area (Å²) in [5.41, 5.74) is 8.16. The van der Waals surface area contributed by atoms with Gasteiger partial charge in [-0.15, -0.1) is 0 Å². The van der Waals surface area contributed by atoms with Gasteiger partial charge < -0.3 is 15.6 Å². The van der Waals surface area contributed by atoms with Crippen LogP contribution in [0.2, 0.25) is 0 Å². The highest BCUT2D eigenvalue weighted by Crippen LogP contribution is 2.39. The van der Waals surface area contributed by atoms with Crippen molar-refractivity contribution in [2.24, 2.45) is 0 Å². The first-order chi connectivity index (χ1) is 14.4. The molecule has 3 N–H and O–H groups in total. The number of hydrogen-bond donors (Lipinski definition) is 2. The molecule has 0 bridgehead atoms. The molecule has 0 saturated heterocycles. The maximum atomic E-state index is 12.7. The molecule has 0 fully saturated rings. The van der Waals surface area contributed by atoms with Crippen molar-refractivity contribution in [3.8, 4) is 11.3 Å². The maximum Gasteiger partial charge on any atom is 0.278 e. The Labute approximate surface area is 181 Å². The lowest BCUT2D eigenvalue weighted by molar-refractivity contribution is 0.102. The zero-order valence-electron chi connectivity index (χ0n) is 17.4. The number of nitrogen functional groups attached to an aromatic ring is 1. The summed E-state index contributed by atoms with van der Waals surface area (Å²) in [7, 11) is -6.43. The summed E-state index contributed by atoms with van der Waals surface area (Å²) < 4.78 is 36.6. The van der Waals surface area contributed by atoms with Crippen molar-refractivity contribution in [1.82, 2.24) is 9.97 Å². The number of aromatic nitrogens is 2. The van der Waals surface area contributed by atoms with Gasteiger partial charge >= 0.3 is 0 Å². The van der Waals surface area contributed by atoms with Crippen molar-refractivity contribution in [3.63, 3.8) is 0 Å². The Morgan fingerprint density at radius 1 is 1.06 bits per heavy atom. The van der Waals surface area contributed by atoms with Crippen LogP contribution in [0.15, 0.2) is 59.6 Å². The number of carbonyl (C=O) groups excluding carboxylic acids is 1. The number of nitrogens with one attached hydrogen (secondary N) is 1. The lowest BCUT2D eigenvalue weighted by Crippen LogP contribution is -2.17. The fourth-order valence-corrected chi connectivity index (χ4v) is 7.27. The molecule has 0 aliphatic rings. The van der Waals surface area contributed by atoms with E-state index in [1.165, 1.54) is 43.8 Å². The second-order valence-corrected chi connectivity index (χ2v) is 13.5. The summed E-state index contributed by atoms with van der Waals surface area (Å²) in [5, 5.41) is 2.64. The van der Waals surface area contributed by atoms with Crippen LogP contribution in [0.5, 0.6) is 0 Å². The first-order valence-electron chi connectivity index (χ1n) is 9.32. The lowest BCUT2D eigenvalue weighted by Gasteiger charge is -2.10. The van der Waals surface area contributed by atoms with Crippen molar-refractivity contribution in [1.29, 1.82) is 0 Å². The number of benzene rings is 2. The monoisotopic (exact) mass is 458 g/mol. The Kier molecular flexibility index (Phi) is 6.29. The molecule has 3 rings (SSSR count). The van der Waals surface area contributed by atoms with Gasteiger partial charge in [0.15, 0.2) is 21.3 Å². The van der Waals surface area contributed by atoms with Gasteiger partial charge in [0.2, 0.25) is 0 Å². The maximum absolute atomic E-state index is 12.7. The van der Waals surface area contributed by atoms with Crippen LogP contribution in [0.1, 0.15) is 16.1 Å². The summed E-state index contributed by atoms with van der Waals surface area (Å²) in [5.74, 6) is -0.588. The molecule has 0 spiro atoms. The van der Waals surface area contributed by atoms with Crippen LogP contribution in [0.4, 0.5) is 11.5 Å². The number of hydrogen-bond acceptors (Lipinski definition) is 7. The van der Waals surface area contributed by atoms with E-state index in [2.05, 4.69) is 15.3 Å². The second kappa shape index (κ2) is 8.61. The molecule has 8 nitrogen and oxygen atoms in total. The van der Waals surface area contributed by atoms with Crippen LogP contribution in [0.3, 0.4) is 0 Å². The van der Waals surface area contributed by atoms with E-state index < -0.39 is 28.4 Å². The van der Waals surface area contributed by atoms with E-state index in [1.54, 1.807) is 0 Å². The summed E-state index contributed by atoms with van der Waals surface area (Å²) >= 11 is 0. The van der Waals surface area contributed by atoms with Crippen LogP contribution in [-0.2, 0) is 14.4 Å². The SMILES string of the molecule is Cc1ccc(-c2cnc(N)c(C(=O)Nc3ccc(S(=O)(=O)CP(C)(C)=O)cc3)n2)cc1. The predicted octanol–water partition coefficient (Wildman–Crippen LogP) is 3.64. The molecule has 162 valence electrons. The number of sulfone groups is 1. The Bertz CT molecular complexity index is 1270. The number of amides is 1. The average molecular weight is 458 g/mol. The molecule has 0 aliphatic heterocycles. The second-order valence-electron chi connectivity index (χ2n) is 7.65. The number of carbonyl (C=O) groups is 1. The van der Waals surface area contributed by atoms with Gasteiger partial charge in [-0.1, -0.05) is 29.8 Å². The van der Waals surface area contributed by atoms with Crippen molar-refractivity contribution < 1.29 is 17.8 Å². The van der Waals surface area contributed by atoms with Crippen LogP contribution < -0.4 is 11.1 Å². The molecule has 2 aromatic carbocycles. The predicted molar refractivity (Wildman–Crippen MR) is 123 cm³/mol. The number of aryl methyl sites for hydroxylation is 1. The third kappa shape index (κ3) is 5.77. The van der Waals surface area contributed by atoms with Gasteiger partial charge in [0.25, 0.3) is 5.91 Å². The molecule has 1 amide bonds. The Morgan fingerprint density at radius 3 is 2.26 bits per heavy atom. The molecular formula is C21H23N4O4PS. The first-order valence-corrected chi connectivity index (χ1v) is 13.8. The average Bonchev–Trinajstić information content (AvgIpc) is 2.67. The van der Waals surface area contributed by atoms with Gasteiger partial charge in [0.1, 0.15) is 5.49 Å². The van der Waals surface area contributed by atoms with E-state index in [4.69, 9.17) is 5.73 Å². The summed E-state index contributed by atoms with van der Waals surface area (Å²) in [6.07, 6.45) is 1.50. The van der Waals surface area contributed by atoms with Gasteiger partial charge in [-0.05, 0) is 44.5 Å². The zero-order valence-corrected chi connectivity index (χ0v) is 19.1. The molecule has 0 radical (unpaired) electrons. The highest BCUT2D eigenvalue weighted by atomic mass is 32.2. The van der Waals surface area contributed by atoms with Crippen molar-refractivity contribution in [2.45, 2.75) is 11.8 Å². The van der Waals surface area contributed by atoms with Gasteiger partial charge in [-0.3, -0.25) is 4.79 Å². The Morgan fingerprint density at radius 2 is 1.68 bits per heavy atom. The Balaban J connectivity index is 1.81. The zero-order chi connectivity index (χ0) is 22.8. The molecule has 0 saturated carbocycles. The van der Waals surface area contributed by atoms with Crippen molar-refractivity contribution in [2.75, 3.05) is 29.9 Å². The number of nitrogens with zero attached hydrogens (tertiary/aromatic N) is 2. The fraction of sp³-hybridized carbons (Fsp3) is 0.190. The van der Waals surface area contributed by atoms with Crippen LogP contribution in [0, 0.1) is 6.92 Å². The van der Waals surface area contributed by atoms with E-state index in [-0.39, 0.29) is 16.4 Å². The minimum Gasteiger partial charge on any atom is -0.382 e. The molecule has 10 heteroatoms. The van der Waals surface area contributed by atoms with Crippen molar-refractivity contribution >= 4 is 34.4 Å². The summed E-state index contributed by atoms with van der Waals surface area (Å²) in [6.45, 7) is 4.82. The van der Waals surface area contributed by atoms with E-state index in [9.17, 15) is 17.8 Å². The lowest BCUT2D eigenvalue weighted by atomic mass is 10.1. The largest absolute Gasteiger partial charge is 0.382 e. The quantitative estimate of drug-likeness (QED) is 0.539. The van der Waals surface area contributed by atoms with Gasteiger partial charge in [-0.2, -0.15) is 0 Å². The normalized spacial score (nSPS) is 11.8. The Hall–Kier alpha value is -3.03. The fourth-order valence-electron chi connectivity index (χ4n) is 2.85. The molecule has 0 aliphatic carbocycles. The van der Waals surface area contributed by atoms with E-state index >= 15 is 0 Å². The third-order valence-corrected chi connectivity index (χ3v) is 9.15. The van der Waals surface area contributed by atoms with Crippen molar-refractivity contribution in [3.05, 3.63) is 66.0 Å².